The summed E-state index contributed by atoms with van der Waals surface area (Å²) in [5, 5.41) is 2.98. The van der Waals surface area contributed by atoms with Gasteiger partial charge in [0.25, 0.3) is 0 Å². The number of nitrogens with one attached hydrogen (secondary N) is 1. The Bertz CT molecular complexity index is 657. The number of hydrogen-bond donors (Lipinski definition) is 1. The number of ether oxygens (including phenoxy) is 1. The third kappa shape index (κ3) is 3.65. The zero-order valence-electron chi connectivity index (χ0n) is 13.4. The molecule has 1 atom stereocenters. The second kappa shape index (κ2) is 7.18. The van der Waals surface area contributed by atoms with Crippen LogP contribution in [0.25, 0.3) is 0 Å². The lowest BCUT2D eigenvalue weighted by Crippen LogP contribution is -2.39. The molecule has 0 aliphatic carbocycles. The van der Waals surface area contributed by atoms with Gasteiger partial charge in [-0.2, -0.15) is 0 Å². The van der Waals surface area contributed by atoms with Gasteiger partial charge < -0.3 is 15.0 Å². The Morgan fingerprint density at radius 3 is 2.70 bits per heavy atom. The molecule has 2 amide bonds. The van der Waals surface area contributed by atoms with Crippen LogP contribution in [-0.4, -0.2) is 30.6 Å². The zero-order chi connectivity index (χ0) is 16.1. The first kappa shape index (κ1) is 15.4. The minimum Gasteiger partial charge on any atom is -0.495 e. The number of likely N-dealkylation sites (tertiary alicyclic amines) is 1. The van der Waals surface area contributed by atoms with E-state index in [0.717, 1.165) is 25.8 Å². The number of methoxy groups -OCH3 is 1. The topological polar surface area (TPSA) is 41.6 Å². The summed E-state index contributed by atoms with van der Waals surface area (Å²) in [5.41, 5.74) is 1.99. The third-order valence-electron chi connectivity index (χ3n) is 4.30. The zero-order valence-corrected chi connectivity index (χ0v) is 13.4. The molecule has 0 aromatic heterocycles. The lowest BCUT2D eigenvalue weighted by atomic mass is 10.0. The van der Waals surface area contributed by atoms with E-state index in [9.17, 15) is 4.79 Å². The molecular weight excluding hydrogens is 288 g/mol. The van der Waals surface area contributed by atoms with Crippen LogP contribution in [0, 0.1) is 0 Å². The van der Waals surface area contributed by atoms with Crippen molar-refractivity contribution in [1.29, 1.82) is 0 Å². The van der Waals surface area contributed by atoms with Crippen LogP contribution in [0.2, 0.25) is 0 Å². The maximum atomic E-state index is 12.6. The summed E-state index contributed by atoms with van der Waals surface area (Å²) in [7, 11) is 1.61. The van der Waals surface area contributed by atoms with Crippen LogP contribution >= 0.6 is 0 Å². The van der Waals surface area contributed by atoms with Crippen molar-refractivity contribution in [3.8, 4) is 5.75 Å². The van der Waals surface area contributed by atoms with Gasteiger partial charge in [0.05, 0.1) is 12.8 Å². The quantitative estimate of drug-likeness (QED) is 0.929. The number of carbonyl (C=O) groups is 1. The number of benzene rings is 2. The Hall–Kier alpha value is -2.49. The van der Waals surface area contributed by atoms with Gasteiger partial charge in [-0.25, -0.2) is 4.79 Å². The normalized spacial score (nSPS) is 17.1. The largest absolute Gasteiger partial charge is 0.495 e. The molecule has 2 aromatic carbocycles. The van der Waals surface area contributed by atoms with E-state index in [-0.39, 0.29) is 12.1 Å². The Labute approximate surface area is 137 Å². The summed E-state index contributed by atoms with van der Waals surface area (Å²) in [5.74, 6) is 0.680. The summed E-state index contributed by atoms with van der Waals surface area (Å²) in [6, 6.07) is 18.0. The summed E-state index contributed by atoms with van der Waals surface area (Å²) in [6.07, 6.45) is 3.01. The van der Waals surface area contributed by atoms with Crippen molar-refractivity contribution >= 4 is 11.7 Å². The van der Waals surface area contributed by atoms with Crippen molar-refractivity contribution in [3.63, 3.8) is 0 Å². The molecule has 0 unspecified atom stereocenters. The maximum Gasteiger partial charge on any atom is 0.322 e. The molecule has 1 aliphatic heterocycles. The van der Waals surface area contributed by atoms with Gasteiger partial charge in [-0.15, -0.1) is 0 Å². The van der Waals surface area contributed by atoms with Crippen LogP contribution in [0.5, 0.6) is 5.75 Å². The summed E-state index contributed by atoms with van der Waals surface area (Å²) in [4.78, 5) is 14.6. The van der Waals surface area contributed by atoms with Gasteiger partial charge in [-0.1, -0.05) is 42.5 Å². The number of nitrogens with zero attached hydrogens (tertiary/aromatic N) is 1. The SMILES string of the molecule is COc1ccccc1NC(=O)N1CCC[C@H]1Cc1ccccc1. The molecular formula is C19H22N2O2. The Morgan fingerprint density at radius 1 is 1.17 bits per heavy atom. The number of anilines is 1. The highest BCUT2D eigenvalue weighted by atomic mass is 16.5. The Morgan fingerprint density at radius 2 is 1.91 bits per heavy atom. The number of amides is 2. The van der Waals surface area contributed by atoms with E-state index in [1.165, 1.54) is 5.56 Å². The molecule has 4 nitrogen and oxygen atoms in total. The van der Waals surface area contributed by atoms with Crippen LogP contribution in [0.1, 0.15) is 18.4 Å². The van der Waals surface area contributed by atoms with E-state index in [2.05, 4.69) is 17.4 Å². The molecule has 0 saturated carbocycles. The van der Waals surface area contributed by atoms with E-state index in [0.29, 0.717) is 11.4 Å². The van der Waals surface area contributed by atoms with Crippen LogP contribution in [0.3, 0.4) is 0 Å². The average molecular weight is 310 g/mol. The van der Waals surface area contributed by atoms with Crippen LogP contribution < -0.4 is 10.1 Å². The first-order chi connectivity index (χ1) is 11.3. The first-order valence-electron chi connectivity index (χ1n) is 8.02. The van der Waals surface area contributed by atoms with Crippen LogP contribution in [0.4, 0.5) is 10.5 Å². The number of hydrogen-bond acceptors (Lipinski definition) is 2. The monoisotopic (exact) mass is 310 g/mol. The fourth-order valence-electron chi connectivity index (χ4n) is 3.14. The highest BCUT2D eigenvalue weighted by Crippen LogP contribution is 2.26. The molecule has 4 heteroatoms. The van der Waals surface area contributed by atoms with Gasteiger partial charge in [0.2, 0.25) is 0 Å². The molecule has 1 heterocycles. The smallest absolute Gasteiger partial charge is 0.322 e. The van der Waals surface area contributed by atoms with Crippen molar-refractivity contribution in [1.82, 2.24) is 4.90 Å². The predicted molar refractivity (Wildman–Crippen MR) is 91.9 cm³/mol. The average Bonchev–Trinajstić information content (AvgIpc) is 3.04. The lowest BCUT2D eigenvalue weighted by Gasteiger charge is -2.25. The minimum absolute atomic E-state index is 0.0482. The molecule has 0 radical (unpaired) electrons. The molecule has 120 valence electrons. The van der Waals surface area contributed by atoms with Gasteiger partial charge in [0.1, 0.15) is 5.75 Å². The molecule has 1 N–H and O–H groups in total. The molecule has 1 aliphatic rings. The number of urea groups is 1. The van der Waals surface area contributed by atoms with Crippen molar-refractivity contribution in [2.24, 2.45) is 0 Å². The van der Waals surface area contributed by atoms with Gasteiger partial charge in [-0.05, 0) is 37.0 Å². The van der Waals surface area contributed by atoms with E-state index in [1.54, 1.807) is 7.11 Å². The predicted octanol–water partition coefficient (Wildman–Crippen LogP) is 3.93. The molecule has 1 fully saturated rings. The number of rotatable bonds is 4. The van der Waals surface area contributed by atoms with E-state index in [4.69, 9.17) is 4.74 Å². The molecule has 0 spiro atoms. The van der Waals surface area contributed by atoms with Crippen molar-refractivity contribution in [2.45, 2.75) is 25.3 Å². The molecule has 23 heavy (non-hydrogen) atoms. The van der Waals surface area contributed by atoms with Crippen LogP contribution in [0.15, 0.2) is 54.6 Å². The number of carbonyl (C=O) groups excluding carboxylic acids is 1. The van der Waals surface area contributed by atoms with Crippen molar-refractivity contribution in [2.75, 3.05) is 19.0 Å². The first-order valence-corrected chi connectivity index (χ1v) is 8.02. The van der Waals surface area contributed by atoms with Crippen molar-refractivity contribution in [3.05, 3.63) is 60.2 Å². The molecule has 3 rings (SSSR count). The van der Waals surface area contributed by atoms with Gasteiger partial charge in [-0.3, -0.25) is 0 Å². The molecule has 1 saturated heterocycles. The second-order valence-corrected chi connectivity index (χ2v) is 5.81. The summed E-state index contributed by atoms with van der Waals surface area (Å²) in [6.45, 7) is 0.804. The number of para-hydroxylation sites is 2. The fraction of sp³-hybridized carbons (Fsp3) is 0.316. The lowest BCUT2D eigenvalue weighted by molar-refractivity contribution is 0.206. The van der Waals surface area contributed by atoms with Gasteiger partial charge >= 0.3 is 6.03 Å². The van der Waals surface area contributed by atoms with E-state index in [1.807, 2.05) is 47.4 Å². The fourth-order valence-corrected chi connectivity index (χ4v) is 3.14. The maximum absolute atomic E-state index is 12.6. The van der Waals surface area contributed by atoms with Gasteiger partial charge in [0.15, 0.2) is 0 Å². The Kier molecular flexibility index (Phi) is 4.81. The Balaban J connectivity index is 1.68. The highest BCUT2D eigenvalue weighted by molar-refractivity contribution is 5.91. The van der Waals surface area contributed by atoms with E-state index < -0.39 is 0 Å². The van der Waals surface area contributed by atoms with E-state index >= 15 is 0 Å². The second-order valence-electron chi connectivity index (χ2n) is 5.81. The highest BCUT2D eigenvalue weighted by Gasteiger charge is 2.29. The molecule has 0 bridgehead atoms. The summed E-state index contributed by atoms with van der Waals surface area (Å²) >= 11 is 0. The van der Waals surface area contributed by atoms with Crippen molar-refractivity contribution < 1.29 is 9.53 Å². The summed E-state index contributed by atoms with van der Waals surface area (Å²) < 4.78 is 5.30. The van der Waals surface area contributed by atoms with Gasteiger partial charge in [0, 0.05) is 12.6 Å². The molecule has 2 aromatic rings. The minimum atomic E-state index is -0.0482. The third-order valence-corrected chi connectivity index (χ3v) is 4.30. The van der Waals surface area contributed by atoms with Crippen LogP contribution in [-0.2, 0) is 6.42 Å². The standard InChI is InChI=1S/C19H22N2O2/c1-23-18-12-6-5-11-17(18)20-19(22)21-13-7-10-16(21)14-15-8-3-2-4-9-15/h2-6,8-9,11-12,16H,7,10,13-14H2,1H3,(H,20,22)/t16-/m0/s1.